The molecule has 0 spiro atoms. The van der Waals surface area contributed by atoms with Crippen LogP contribution in [0.1, 0.15) is 20.8 Å². The molecular formula is C17H25N3O. The van der Waals surface area contributed by atoms with Gasteiger partial charge in [-0.2, -0.15) is 0 Å². The Balaban J connectivity index is 2.30. The molecule has 0 aliphatic heterocycles. The lowest BCUT2D eigenvalue weighted by atomic mass is 10.1. The highest BCUT2D eigenvalue weighted by molar-refractivity contribution is 5.96. The number of hydrogen-bond donors (Lipinski definition) is 1. The minimum absolute atomic E-state index is 0.254. The normalized spacial score (nSPS) is 11.9. The van der Waals surface area contributed by atoms with E-state index < -0.39 is 0 Å². The standard InChI is InChI=1S/C17H25N3O/c1-17(2,3)21-16-14-7-6-8-15(13(14)9-10-19-16)18-11-12-20(4)5/h6-10,18H,11-12H2,1-5H3. The van der Waals surface area contributed by atoms with Crippen LogP contribution in [0.3, 0.4) is 0 Å². The Kier molecular flexibility index (Phi) is 4.68. The summed E-state index contributed by atoms with van der Waals surface area (Å²) in [4.78, 5) is 6.54. The molecule has 4 nitrogen and oxygen atoms in total. The highest BCUT2D eigenvalue weighted by Gasteiger charge is 2.15. The van der Waals surface area contributed by atoms with Crippen molar-refractivity contribution in [1.82, 2.24) is 9.88 Å². The number of fused-ring (bicyclic) bond motifs is 1. The third-order valence-corrected chi connectivity index (χ3v) is 3.05. The fourth-order valence-corrected chi connectivity index (χ4v) is 2.12. The summed E-state index contributed by atoms with van der Waals surface area (Å²) in [5, 5.41) is 5.67. The van der Waals surface area contributed by atoms with Gasteiger partial charge in [0, 0.05) is 35.7 Å². The summed E-state index contributed by atoms with van der Waals surface area (Å²) in [5.74, 6) is 0.691. The van der Waals surface area contributed by atoms with Crippen molar-refractivity contribution in [2.45, 2.75) is 26.4 Å². The van der Waals surface area contributed by atoms with Crippen molar-refractivity contribution in [3.8, 4) is 5.88 Å². The first-order valence-corrected chi connectivity index (χ1v) is 7.32. The molecule has 0 saturated heterocycles. The van der Waals surface area contributed by atoms with E-state index >= 15 is 0 Å². The molecule has 0 aliphatic carbocycles. The molecule has 0 saturated carbocycles. The zero-order valence-electron chi connectivity index (χ0n) is 13.6. The molecule has 0 bridgehead atoms. The van der Waals surface area contributed by atoms with E-state index in [0.717, 1.165) is 29.5 Å². The Labute approximate surface area is 127 Å². The van der Waals surface area contributed by atoms with Crippen LogP contribution < -0.4 is 10.1 Å². The first-order valence-electron chi connectivity index (χ1n) is 7.32. The molecule has 0 radical (unpaired) electrons. The van der Waals surface area contributed by atoms with E-state index in [1.165, 1.54) is 0 Å². The topological polar surface area (TPSA) is 37.4 Å². The largest absolute Gasteiger partial charge is 0.471 e. The molecule has 114 valence electrons. The molecular weight excluding hydrogens is 262 g/mol. The molecule has 1 aromatic carbocycles. The average Bonchev–Trinajstić information content (AvgIpc) is 2.37. The lowest BCUT2D eigenvalue weighted by Crippen LogP contribution is -2.23. The van der Waals surface area contributed by atoms with Gasteiger partial charge in [0.05, 0.1) is 0 Å². The monoisotopic (exact) mass is 287 g/mol. The Bertz CT molecular complexity index is 602. The van der Waals surface area contributed by atoms with E-state index in [9.17, 15) is 0 Å². The van der Waals surface area contributed by atoms with Crippen molar-refractivity contribution in [2.24, 2.45) is 0 Å². The summed E-state index contributed by atoms with van der Waals surface area (Å²) in [5.41, 5.74) is 0.867. The number of hydrogen-bond acceptors (Lipinski definition) is 4. The van der Waals surface area contributed by atoms with Gasteiger partial charge in [-0.3, -0.25) is 0 Å². The molecule has 2 aromatic rings. The molecule has 0 fully saturated rings. The first kappa shape index (κ1) is 15.6. The fourth-order valence-electron chi connectivity index (χ4n) is 2.12. The Morgan fingerprint density at radius 2 is 1.90 bits per heavy atom. The van der Waals surface area contributed by atoms with E-state index in [1.54, 1.807) is 6.20 Å². The summed E-state index contributed by atoms with van der Waals surface area (Å²) in [6.45, 7) is 8.00. The quantitative estimate of drug-likeness (QED) is 0.914. The number of nitrogens with one attached hydrogen (secondary N) is 1. The van der Waals surface area contributed by atoms with Gasteiger partial charge in [0.2, 0.25) is 5.88 Å². The summed E-state index contributed by atoms with van der Waals surface area (Å²) >= 11 is 0. The van der Waals surface area contributed by atoms with Crippen LogP contribution in [0.2, 0.25) is 0 Å². The van der Waals surface area contributed by atoms with Gasteiger partial charge in [0.25, 0.3) is 0 Å². The first-order chi connectivity index (χ1) is 9.87. The van der Waals surface area contributed by atoms with Gasteiger partial charge in [-0.15, -0.1) is 0 Å². The lowest BCUT2D eigenvalue weighted by molar-refractivity contribution is 0.126. The van der Waals surface area contributed by atoms with E-state index in [1.807, 2.05) is 32.9 Å². The molecule has 0 atom stereocenters. The zero-order chi connectivity index (χ0) is 15.5. The molecule has 0 unspecified atom stereocenters. The van der Waals surface area contributed by atoms with Crippen molar-refractivity contribution >= 4 is 16.5 Å². The molecule has 0 amide bonds. The average molecular weight is 287 g/mol. The minimum Gasteiger partial charge on any atom is -0.471 e. The van der Waals surface area contributed by atoms with Gasteiger partial charge in [-0.25, -0.2) is 4.98 Å². The molecule has 1 aromatic heterocycles. The zero-order valence-corrected chi connectivity index (χ0v) is 13.6. The van der Waals surface area contributed by atoms with Crippen LogP contribution in [0.4, 0.5) is 5.69 Å². The highest BCUT2D eigenvalue weighted by Crippen LogP contribution is 2.30. The van der Waals surface area contributed by atoms with Crippen molar-refractivity contribution < 1.29 is 4.74 Å². The van der Waals surface area contributed by atoms with Crippen LogP contribution in [0.5, 0.6) is 5.88 Å². The SMILES string of the molecule is CN(C)CCNc1cccc2c(OC(C)(C)C)nccc12. The fraction of sp³-hybridized carbons (Fsp3) is 0.471. The second-order valence-corrected chi connectivity index (χ2v) is 6.46. The number of likely N-dealkylation sites (N-methyl/N-ethyl adjacent to an activating group) is 1. The Morgan fingerprint density at radius 1 is 1.14 bits per heavy atom. The summed E-state index contributed by atoms with van der Waals surface area (Å²) in [6.07, 6.45) is 1.81. The van der Waals surface area contributed by atoms with Crippen LogP contribution in [0.15, 0.2) is 30.5 Å². The molecule has 1 heterocycles. The summed E-state index contributed by atoms with van der Waals surface area (Å²) in [6, 6.07) is 8.22. The number of nitrogens with zero attached hydrogens (tertiary/aromatic N) is 2. The molecule has 1 N–H and O–H groups in total. The van der Waals surface area contributed by atoms with Gasteiger partial charge in [-0.1, -0.05) is 6.07 Å². The maximum atomic E-state index is 5.97. The van der Waals surface area contributed by atoms with Crippen molar-refractivity contribution in [1.29, 1.82) is 0 Å². The summed E-state index contributed by atoms with van der Waals surface area (Å²) < 4.78 is 5.97. The van der Waals surface area contributed by atoms with Gasteiger partial charge in [-0.05, 0) is 53.1 Å². The number of pyridine rings is 1. The summed E-state index contributed by atoms with van der Waals surface area (Å²) in [7, 11) is 4.15. The molecule has 4 heteroatoms. The van der Waals surface area contributed by atoms with Gasteiger partial charge >= 0.3 is 0 Å². The number of benzene rings is 1. The highest BCUT2D eigenvalue weighted by atomic mass is 16.5. The van der Waals surface area contributed by atoms with Gasteiger partial charge < -0.3 is 15.0 Å². The molecule has 21 heavy (non-hydrogen) atoms. The van der Waals surface area contributed by atoms with E-state index in [4.69, 9.17) is 4.74 Å². The van der Waals surface area contributed by atoms with Crippen LogP contribution in [-0.2, 0) is 0 Å². The van der Waals surface area contributed by atoms with Crippen molar-refractivity contribution in [3.63, 3.8) is 0 Å². The minimum atomic E-state index is -0.254. The van der Waals surface area contributed by atoms with Crippen LogP contribution in [-0.4, -0.2) is 42.7 Å². The third kappa shape index (κ3) is 4.33. The Morgan fingerprint density at radius 3 is 2.57 bits per heavy atom. The van der Waals surface area contributed by atoms with Crippen molar-refractivity contribution in [3.05, 3.63) is 30.5 Å². The second-order valence-electron chi connectivity index (χ2n) is 6.46. The number of anilines is 1. The van der Waals surface area contributed by atoms with Gasteiger partial charge in [0.15, 0.2) is 0 Å². The van der Waals surface area contributed by atoms with Crippen molar-refractivity contribution in [2.75, 3.05) is 32.5 Å². The number of aromatic nitrogens is 1. The third-order valence-electron chi connectivity index (χ3n) is 3.05. The molecule has 0 aliphatic rings. The predicted molar refractivity (Wildman–Crippen MR) is 89.2 cm³/mol. The smallest absolute Gasteiger partial charge is 0.221 e. The second kappa shape index (κ2) is 6.31. The maximum absolute atomic E-state index is 5.97. The number of rotatable bonds is 5. The maximum Gasteiger partial charge on any atom is 0.221 e. The van der Waals surface area contributed by atoms with Crippen LogP contribution in [0.25, 0.3) is 10.8 Å². The van der Waals surface area contributed by atoms with E-state index in [-0.39, 0.29) is 5.60 Å². The van der Waals surface area contributed by atoms with E-state index in [0.29, 0.717) is 5.88 Å². The van der Waals surface area contributed by atoms with Gasteiger partial charge in [0.1, 0.15) is 5.60 Å². The lowest BCUT2D eigenvalue weighted by Gasteiger charge is -2.21. The predicted octanol–water partition coefficient (Wildman–Crippen LogP) is 3.39. The van der Waals surface area contributed by atoms with Crippen LogP contribution >= 0.6 is 0 Å². The number of ether oxygens (including phenoxy) is 1. The van der Waals surface area contributed by atoms with E-state index in [2.05, 4.69) is 41.4 Å². The molecule has 2 rings (SSSR count). The van der Waals surface area contributed by atoms with Crippen LogP contribution in [0, 0.1) is 0 Å². The Hall–Kier alpha value is -1.81.